The Morgan fingerprint density at radius 1 is 0.944 bits per heavy atom. The first kappa shape index (κ1) is 22.3. The van der Waals surface area contributed by atoms with E-state index in [1.54, 1.807) is 30.6 Å². The van der Waals surface area contributed by atoms with Crippen LogP contribution in [0.25, 0.3) is 22.4 Å². The predicted molar refractivity (Wildman–Crippen MR) is 131 cm³/mol. The zero-order valence-electron chi connectivity index (χ0n) is 19.6. The van der Waals surface area contributed by atoms with Gasteiger partial charge >= 0.3 is 0 Å². The van der Waals surface area contributed by atoms with E-state index in [1.807, 2.05) is 4.90 Å². The predicted octanol–water partition coefficient (Wildman–Crippen LogP) is 2.78. The van der Waals surface area contributed by atoms with Gasteiger partial charge in [0.1, 0.15) is 29.0 Å². The lowest BCUT2D eigenvalue weighted by molar-refractivity contribution is -0.136. The van der Waals surface area contributed by atoms with Gasteiger partial charge in [0.05, 0.1) is 5.92 Å². The summed E-state index contributed by atoms with van der Waals surface area (Å²) in [7, 11) is 0. The van der Waals surface area contributed by atoms with Gasteiger partial charge in [-0.25, -0.2) is 19.3 Å². The largest absolute Gasteiger partial charge is 0.355 e. The summed E-state index contributed by atoms with van der Waals surface area (Å²) in [5, 5.41) is 4.87. The van der Waals surface area contributed by atoms with Crippen molar-refractivity contribution in [2.45, 2.75) is 12.8 Å². The molecule has 1 unspecified atom stereocenters. The summed E-state index contributed by atoms with van der Waals surface area (Å²) < 4.78 is 18.9. The molecule has 0 N–H and O–H groups in total. The van der Waals surface area contributed by atoms with E-state index in [1.165, 1.54) is 18.5 Å². The fourth-order valence-electron chi connectivity index (χ4n) is 5.03. The SMILES string of the molecule is O=C(C1CCCN(c2ncnc3onc(-c4ccc(F)cc4)c23)C1)N1CCN(c2ncccn2)CC1. The molecule has 2 saturated heterocycles. The molecule has 11 heteroatoms. The van der Waals surface area contributed by atoms with Crippen molar-refractivity contribution in [2.24, 2.45) is 5.92 Å². The van der Waals surface area contributed by atoms with Gasteiger partial charge in [0.25, 0.3) is 5.71 Å². The van der Waals surface area contributed by atoms with E-state index in [4.69, 9.17) is 4.52 Å². The molecule has 3 aromatic heterocycles. The quantitative estimate of drug-likeness (QED) is 0.429. The highest BCUT2D eigenvalue weighted by molar-refractivity contribution is 5.98. The van der Waals surface area contributed by atoms with Gasteiger partial charge in [-0.05, 0) is 43.2 Å². The number of hydrogen-bond acceptors (Lipinski definition) is 9. The lowest BCUT2D eigenvalue weighted by Crippen LogP contribution is -2.53. The number of amides is 1. The van der Waals surface area contributed by atoms with Crippen molar-refractivity contribution in [1.29, 1.82) is 0 Å². The summed E-state index contributed by atoms with van der Waals surface area (Å²) in [6.45, 7) is 4.03. The number of piperazine rings is 1. The summed E-state index contributed by atoms with van der Waals surface area (Å²) in [6.07, 6.45) is 6.62. The Balaban J connectivity index is 1.19. The van der Waals surface area contributed by atoms with Crippen molar-refractivity contribution in [2.75, 3.05) is 49.1 Å². The fourth-order valence-corrected chi connectivity index (χ4v) is 5.03. The molecule has 0 radical (unpaired) electrons. The number of benzene rings is 1. The van der Waals surface area contributed by atoms with E-state index in [0.29, 0.717) is 61.3 Å². The van der Waals surface area contributed by atoms with E-state index in [-0.39, 0.29) is 17.6 Å². The lowest BCUT2D eigenvalue weighted by atomic mass is 9.95. The highest BCUT2D eigenvalue weighted by Gasteiger charge is 2.33. The number of hydrogen-bond donors (Lipinski definition) is 0. The first-order valence-corrected chi connectivity index (χ1v) is 12.1. The second-order valence-electron chi connectivity index (χ2n) is 9.06. The number of halogens is 1. The zero-order valence-corrected chi connectivity index (χ0v) is 19.6. The number of piperidine rings is 1. The second-order valence-corrected chi connectivity index (χ2v) is 9.06. The molecule has 0 aliphatic carbocycles. The van der Waals surface area contributed by atoms with E-state index in [2.05, 4.69) is 34.9 Å². The Kier molecular flexibility index (Phi) is 5.88. The maximum atomic E-state index is 13.5. The molecule has 0 saturated carbocycles. The molecule has 2 aliphatic rings. The van der Waals surface area contributed by atoms with Gasteiger partial charge in [-0.15, -0.1) is 0 Å². The van der Waals surface area contributed by atoms with Crippen molar-refractivity contribution in [3.05, 3.63) is 54.9 Å². The Bertz CT molecular complexity index is 1360. The zero-order chi connectivity index (χ0) is 24.5. The minimum Gasteiger partial charge on any atom is -0.355 e. The fraction of sp³-hybridized carbons (Fsp3) is 0.360. The van der Waals surface area contributed by atoms with Gasteiger partial charge in [0.15, 0.2) is 0 Å². The van der Waals surface area contributed by atoms with Gasteiger partial charge in [0.2, 0.25) is 11.9 Å². The van der Waals surface area contributed by atoms with Crippen molar-refractivity contribution >= 4 is 28.8 Å². The van der Waals surface area contributed by atoms with Crippen LogP contribution in [0.2, 0.25) is 0 Å². The Morgan fingerprint density at radius 3 is 2.50 bits per heavy atom. The van der Waals surface area contributed by atoms with Gasteiger partial charge in [-0.3, -0.25) is 4.79 Å². The summed E-state index contributed by atoms with van der Waals surface area (Å²) >= 11 is 0. The number of fused-ring (bicyclic) bond motifs is 1. The summed E-state index contributed by atoms with van der Waals surface area (Å²) in [5.41, 5.74) is 1.65. The molecule has 0 bridgehead atoms. The number of carbonyl (C=O) groups excluding carboxylic acids is 1. The van der Waals surface area contributed by atoms with Crippen molar-refractivity contribution < 1.29 is 13.7 Å². The van der Waals surface area contributed by atoms with Crippen LogP contribution >= 0.6 is 0 Å². The Hall–Kier alpha value is -4.15. The number of nitrogens with zero attached hydrogens (tertiary/aromatic N) is 8. The molecule has 2 aliphatic heterocycles. The number of carbonyl (C=O) groups is 1. The first-order chi connectivity index (χ1) is 17.7. The van der Waals surface area contributed by atoms with Crippen LogP contribution in [0.15, 0.2) is 53.6 Å². The van der Waals surface area contributed by atoms with E-state index in [0.717, 1.165) is 24.9 Å². The van der Waals surface area contributed by atoms with Gasteiger partial charge in [-0.2, -0.15) is 4.98 Å². The number of rotatable bonds is 4. The molecule has 5 heterocycles. The smallest absolute Gasteiger partial charge is 0.263 e. The maximum absolute atomic E-state index is 13.5. The molecular formula is C25H25FN8O2. The highest BCUT2D eigenvalue weighted by atomic mass is 19.1. The standard InChI is InChI=1S/C25H25FN8O2/c26-19-6-4-17(5-7-19)21-20-22(29-16-30-23(20)36-31-21)34-10-1-3-18(15-34)24(35)32-11-13-33(14-12-32)25-27-8-2-9-28-25/h2,4-9,16,18H,1,3,10-15H2. The van der Waals surface area contributed by atoms with Gasteiger partial charge in [-0.1, -0.05) is 5.16 Å². The summed E-state index contributed by atoms with van der Waals surface area (Å²) in [4.78, 5) is 37.1. The monoisotopic (exact) mass is 488 g/mol. The van der Waals surface area contributed by atoms with Crippen LogP contribution in [-0.4, -0.2) is 75.2 Å². The van der Waals surface area contributed by atoms with Crippen LogP contribution < -0.4 is 9.80 Å². The minimum atomic E-state index is -0.322. The van der Waals surface area contributed by atoms with Crippen molar-refractivity contribution in [3.8, 4) is 11.3 Å². The lowest BCUT2D eigenvalue weighted by Gasteiger charge is -2.39. The molecule has 4 aromatic rings. The molecule has 10 nitrogen and oxygen atoms in total. The summed E-state index contributed by atoms with van der Waals surface area (Å²) in [5.74, 6) is 1.11. The molecule has 1 amide bonds. The normalized spacial score (nSPS) is 18.6. The van der Waals surface area contributed by atoms with Crippen molar-refractivity contribution in [1.82, 2.24) is 30.0 Å². The number of aromatic nitrogens is 5. The number of anilines is 2. The highest BCUT2D eigenvalue weighted by Crippen LogP contribution is 2.35. The van der Waals surface area contributed by atoms with Gasteiger partial charge < -0.3 is 19.2 Å². The topological polar surface area (TPSA) is 104 Å². The van der Waals surface area contributed by atoms with Crippen molar-refractivity contribution in [3.63, 3.8) is 0 Å². The molecule has 2 fully saturated rings. The van der Waals surface area contributed by atoms with E-state index < -0.39 is 0 Å². The molecule has 6 rings (SSSR count). The average Bonchev–Trinajstić information content (AvgIpc) is 3.38. The third kappa shape index (κ3) is 4.21. The molecule has 184 valence electrons. The third-order valence-electron chi connectivity index (χ3n) is 6.87. The van der Waals surface area contributed by atoms with Crippen LogP contribution in [0, 0.1) is 11.7 Å². The van der Waals surface area contributed by atoms with E-state index in [9.17, 15) is 9.18 Å². The average molecular weight is 489 g/mol. The Morgan fingerprint density at radius 2 is 1.72 bits per heavy atom. The molecule has 36 heavy (non-hydrogen) atoms. The van der Waals surface area contributed by atoms with Gasteiger partial charge in [0, 0.05) is 57.2 Å². The Labute approximate surface area is 206 Å². The third-order valence-corrected chi connectivity index (χ3v) is 6.87. The first-order valence-electron chi connectivity index (χ1n) is 12.1. The molecular weight excluding hydrogens is 463 g/mol. The molecule has 1 atom stereocenters. The second kappa shape index (κ2) is 9.48. The van der Waals surface area contributed by atoms with Crippen LogP contribution in [0.4, 0.5) is 16.2 Å². The molecule has 0 spiro atoms. The van der Waals surface area contributed by atoms with Crippen LogP contribution in [0.1, 0.15) is 12.8 Å². The van der Waals surface area contributed by atoms with Crippen LogP contribution in [-0.2, 0) is 4.79 Å². The molecule has 1 aromatic carbocycles. The summed E-state index contributed by atoms with van der Waals surface area (Å²) in [6, 6.07) is 7.89. The maximum Gasteiger partial charge on any atom is 0.263 e. The van der Waals surface area contributed by atoms with E-state index >= 15 is 0 Å². The van der Waals surface area contributed by atoms with Crippen LogP contribution in [0.5, 0.6) is 0 Å². The minimum absolute atomic E-state index is 0.127. The van der Waals surface area contributed by atoms with Crippen LogP contribution in [0.3, 0.4) is 0 Å².